The summed E-state index contributed by atoms with van der Waals surface area (Å²) >= 11 is 1.38. The predicted molar refractivity (Wildman–Crippen MR) is 111 cm³/mol. The van der Waals surface area contributed by atoms with E-state index < -0.39 is 11.5 Å². The van der Waals surface area contributed by atoms with Gasteiger partial charge in [-0.1, -0.05) is 36.4 Å². The Kier molecular flexibility index (Phi) is 4.15. The van der Waals surface area contributed by atoms with Crippen LogP contribution in [0.5, 0.6) is 0 Å². The number of rotatable bonds is 3. The third kappa shape index (κ3) is 2.52. The summed E-state index contributed by atoms with van der Waals surface area (Å²) in [6.45, 7) is 0.523. The number of para-hydroxylation sites is 1. The molecule has 0 saturated carbocycles. The highest BCUT2D eigenvalue weighted by molar-refractivity contribution is 7.12. The van der Waals surface area contributed by atoms with Gasteiger partial charge in [0.1, 0.15) is 11.4 Å². The number of nitrogens with one attached hydrogen (secondary N) is 1. The van der Waals surface area contributed by atoms with Crippen molar-refractivity contribution in [2.24, 2.45) is 5.92 Å². The summed E-state index contributed by atoms with van der Waals surface area (Å²) < 4.78 is 13.5. The molecule has 0 bridgehead atoms. The van der Waals surface area contributed by atoms with Crippen molar-refractivity contribution in [3.63, 3.8) is 0 Å². The van der Waals surface area contributed by atoms with E-state index in [0.717, 1.165) is 16.8 Å². The number of likely N-dealkylation sites (tertiary alicyclic amines) is 1. The van der Waals surface area contributed by atoms with Crippen molar-refractivity contribution < 1.29 is 14.0 Å². The van der Waals surface area contributed by atoms with E-state index in [-0.39, 0.29) is 23.4 Å². The Labute approximate surface area is 172 Å². The van der Waals surface area contributed by atoms with E-state index in [1.54, 1.807) is 18.2 Å². The Morgan fingerprint density at radius 3 is 2.62 bits per heavy atom. The molecule has 3 aromatic rings. The zero-order valence-electron chi connectivity index (χ0n) is 15.8. The van der Waals surface area contributed by atoms with Crippen molar-refractivity contribution in [2.45, 2.75) is 11.5 Å². The van der Waals surface area contributed by atoms with Crippen LogP contribution < -0.4 is 5.32 Å². The topological polar surface area (TPSA) is 49.4 Å². The average Bonchev–Trinajstić information content (AvgIpc) is 3.42. The smallest absolute Gasteiger partial charge is 0.250 e. The SMILES string of the molecule is CN1C[C@H](c2ccc(F)cc2)[C@H](C(=O)c2cccs2)[C@]12C(=O)Nc1ccccc12. The van der Waals surface area contributed by atoms with Crippen LogP contribution in [0.4, 0.5) is 10.1 Å². The van der Waals surface area contributed by atoms with E-state index in [4.69, 9.17) is 0 Å². The molecular weight excluding hydrogens is 387 g/mol. The summed E-state index contributed by atoms with van der Waals surface area (Å²) in [6.07, 6.45) is 0. The van der Waals surface area contributed by atoms with Gasteiger partial charge in [-0.15, -0.1) is 11.3 Å². The number of benzene rings is 2. The number of thiophene rings is 1. The van der Waals surface area contributed by atoms with Gasteiger partial charge in [0.15, 0.2) is 5.78 Å². The van der Waals surface area contributed by atoms with Crippen LogP contribution in [0, 0.1) is 11.7 Å². The van der Waals surface area contributed by atoms with Gasteiger partial charge < -0.3 is 5.32 Å². The minimum absolute atomic E-state index is 0.0504. The molecule has 1 spiro atoms. The van der Waals surface area contributed by atoms with Gasteiger partial charge in [-0.2, -0.15) is 0 Å². The van der Waals surface area contributed by atoms with Crippen LogP contribution in [0.15, 0.2) is 66.0 Å². The molecule has 4 nitrogen and oxygen atoms in total. The number of hydrogen-bond donors (Lipinski definition) is 1. The number of Topliss-reactive ketones (excluding diaryl/α,β-unsaturated/α-hetero) is 1. The summed E-state index contributed by atoms with van der Waals surface area (Å²) in [5.74, 6) is -1.39. The number of nitrogens with zero attached hydrogens (tertiary/aromatic N) is 1. The van der Waals surface area contributed by atoms with Crippen LogP contribution in [0.2, 0.25) is 0 Å². The predicted octanol–water partition coefficient (Wildman–Crippen LogP) is 4.26. The summed E-state index contributed by atoms with van der Waals surface area (Å²) in [5, 5.41) is 4.85. The van der Waals surface area contributed by atoms with Crippen LogP contribution in [0.1, 0.15) is 26.7 Å². The molecule has 2 aromatic carbocycles. The molecule has 2 aliphatic rings. The highest BCUT2D eigenvalue weighted by Gasteiger charge is 2.64. The lowest BCUT2D eigenvalue weighted by molar-refractivity contribution is -0.126. The number of carbonyl (C=O) groups is 2. The monoisotopic (exact) mass is 406 g/mol. The normalized spacial score (nSPS) is 25.9. The number of fused-ring (bicyclic) bond motifs is 2. The van der Waals surface area contributed by atoms with Gasteiger partial charge >= 0.3 is 0 Å². The van der Waals surface area contributed by atoms with Crippen molar-refractivity contribution in [2.75, 3.05) is 18.9 Å². The molecule has 1 saturated heterocycles. The molecule has 29 heavy (non-hydrogen) atoms. The van der Waals surface area contributed by atoms with Crippen molar-refractivity contribution in [1.29, 1.82) is 0 Å². The second-order valence-corrected chi connectivity index (χ2v) is 8.57. The van der Waals surface area contributed by atoms with Crippen LogP contribution in [-0.4, -0.2) is 30.2 Å². The van der Waals surface area contributed by atoms with E-state index in [1.807, 2.05) is 47.7 Å². The first-order valence-corrected chi connectivity index (χ1v) is 10.4. The van der Waals surface area contributed by atoms with E-state index in [1.165, 1.54) is 23.5 Å². The Hall–Kier alpha value is -2.83. The average molecular weight is 406 g/mol. The fourth-order valence-electron chi connectivity index (χ4n) is 4.98. The van der Waals surface area contributed by atoms with Crippen LogP contribution >= 0.6 is 11.3 Å². The second kappa shape index (κ2) is 6.61. The van der Waals surface area contributed by atoms with Gasteiger partial charge in [-0.25, -0.2) is 4.39 Å². The van der Waals surface area contributed by atoms with Crippen molar-refractivity contribution in [3.05, 3.63) is 87.9 Å². The number of halogens is 1. The zero-order valence-corrected chi connectivity index (χ0v) is 16.6. The lowest BCUT2D eigenvalue weighted by Crippen LogP contribution is -2.51. The lowest BCUT2D eigenvalue weighted by Gasteiger charge is -2.35. The molecule has 3 heterocycles. The molecule has 2 aliphatic heterocycles. The quantitative estimate of drug-likeness (QED) is 0.661. The largest absolute Gasteiger partial charge is 0.324 e. The summed E-state index contributed by atoms with van der Waals surface area (Å²) in [7, 11) is 1.89. The summed E-state index contributed by atoms with van der Waals surface area (Å²) in [4.78, 5) is 29.8. The lowest BCUT2D eigenvalue weighted by atomic mass is 9.71. The number of amides is 1. The first-order valence-electron chi connectivity index (χ1n) is 9.49. The highest BCUT2D eigenvalue weighted by atomic mass is 32.1. The van der Waals surface area contributed by atoms with Crippen molar-refractivity contribution >= 4 is 28.7 Å². The van der Waals surface area contributed by atoms with Gasteiger partial charge in [0, 0.05) is 23.7 Å². The standard InChI is InChI=1S/C23H19FN2O2S/c1-26-13-16(14-8-10-15(24)11-9-14)20(21(27)19-7-4-12-29-19)23(26)17-5-2-3-6-18(17)25-22(23)28/h2-12,16,20H,13H2,1H3,(H,25,28)/t16-,20-,23-/m1/s1. The van der Waals surface area contributed by atoms with Gasteiger partial charge in [0.2, 0.25) is 5.91 Å². The minimum Gasteiger partial charge on any atom is -0.324 e. The molecule has 146 valence electrons. The van der Waals surface area contributed by atoms with E-state index >= 15 is 0 Å². The molecule has 1 amide bonds. The summed E-state index contributed by atoms with van der Waals surface area (Å²) in [6, 6.07) is 17.5. The molecule has 0 aliphatic carbocycles. The fraction of sp³-hybridized carbons (Fsp3) is 0.217. The number of anilines is 1. The first kappa shape index (κ1) is 18.2. The molecule has 0 unspecified atom stereocenters. The van der Waals surface area contributed by atoms with Gasteiger partial charge in [0.25, 0.3) is 0 Å². The molecule has 1 N–H and O–H groups in total. The van der Waals surface area contributed by atoms with Gasteiger partial charge in [-0.3, -0.25) is 14.5 Å². The summed E-state index contributed by atoms with van der Waals surface area (Å²) in [5.41, 5.74) is 1.35. The minimum atomic E-state index is -1.09. The van der Waals surface area contributed by atoms with Gasteiger partial charge in [0.05, 0.1) is 10.8 Å². The number of ketones is 1. The van der Waals surface area contributed by atoms with Gasteiger partial charge in [-0.05, 0) is 42.3 Å². The second-order valence-electron chi connectivity index (χ2n) is 7.62. The Bertz CT molecular complexity index is 1100. The molecule has 0 radical (unpaired) electrons. The Morgan fingerprint density at radius 1 is 1.14 bits per heavy atom. The van der Waals surface area contributed by atoms with Crippen molar-refractivity contribution in [1.82, 2.24) is 4.90 Å². The molecule has 3 atom stereocenters. The number of carbonyl (C=O) groups excluding carboxylic acids is 2. The Balaban J connectivity index is 1.73. The van der Waals surface area contributed by atoms with E-state index in [9.17, 15) is 14.0 Å². The number of hydrogen-bond acceptors (Lipinski definition) is 4. The molecule has 1 aromatic heterocycles. The van der Waals surface area contributed by atoms with E-state index in [2.05, 4.69) is 5.32 Å². The van der Waals surface area contributed by atoms with Crippen LogP contribution in [-0.2, 0) is 10.3 Å². The van der Waals surface area contributed by atoms with Crippen molar-refractivity contribution in [3.8, 4) is 0 Å². The first-order chi connectivity index (χ1) is 14.0. The third-order valence-electron chi connectivity index (χ3n) is 6.20. The van der Waals surface area contributed by atoms with E-state index in [0.29, 0.717) is 11.4 Å². The zero-order chi connectivity index (χ0) is 20.2. The number of likely N-dealkylation sites (N-methyl/N-ethyl adjacent to an activating group) is 1. The maximum atomic E-state index is 13.8. The Morgan fingerprint density at radius 2 is 1.90 bits per heavy atom. The molecule has 5 rings (SSSR count). The highest BCUT2D eigenvalue weighted by Crippen LogP contribution is 2.55. The maximum absolute atomic E-state index is 13.8. The maximum Gasteiger partial charge on any atom is 0.250 e. The van der Waals surface area contributed by atoms with Crippen LogP contribution in [0.25, 0.3) is 0 Å². The van der Waals surface area contributed by atoms with Crippen LogP contribution in [0.3, 0.4) is 0 Å². The molecule has 6 heteroatoms. The fourth-order valence-corrected chi connectivity index (χ4v) is 5.68. The third-order valence-corrected chi connectivity index (χ3v) is 7.09. The molecule has 1 fully saturated rings. The molecular formula is C23H19FN2O2S.